The number of carbonyl (C=O) groups is 2. The molecule has 4 saturated carbocycles. The first-order valence-corrected chi connectivity index (χ1v) is 12.3. The van der Waals surface area contributed by atoms with Gasteiger partial charge in [-0.2, -0.15) is 0 Å². The van der Waals surface area contributed by atoms with Crippen molar-refractivity contribution in [3.05, 3.63) is 52.6 Å². The summed E-state index contributed by atoms with van der Waals surface area (Å²) in [5, 5.41) is 12.8. The van der Waals surface area contributed by atoms with E-state index in [0.29, 0.717) is 10.7 Å². The standard InChI is InChI=1S/C26H26N2O3S/c1-14(23-24(30)28-25(31)32-23)19-2-4-21(27-13-19)18-3-5-22(29)20(9-18)26-10-15-6-16(11-26)8-17(7-15)12-26/h2-5,9,13,15-17,29H,6-8,10-12H2,1H3,(H,28,30,31)/b23-14-. The summed E-state index contributed by atoms with van der Waals surface area (Å²) in [6, 6.07) is 9.82. The number of phenolic OH excluding ortho intramolecular Hbond substituents is 1. The summed E-state index contributed by atoms with van der Waals surface area (Å²) < 4.78 is 0. The number of hydrogen-bond acceptors (Lipinski definition) is 5. The summed E-state index contributed by atoms with van der Waals surface area (Å²) in [7, 11) is 0. The third-order valence-corrected chi connectivity index (χ3v) is 9.04. The van der Waals surface area contributed by atoms with Crippen molar-refractivity contribution in [3.63, 3.8) is 0 Å². The van der Waals surface area contributed by atoms with Crippen LogP contribution in [-0.2, 0) is 10.2 Å². The zero-order valence-electron chi connectivity index (χ0n) is 18.1. The number of phenols is 1. The van der Waals surface area contributed by atoms with Crippen LogP contribution in [0.25, 0.3) is 16.8 Å². The number of nitrogens with zero attached hydrogens (tertiary/aromatic N) is 1. The average Bonchev–Trinajstić information content (AvgIpc) is 3.10. The molecule has 0 spiro atoms. The molecular weight excluding hydrogens is 420 g/mol. The molecule has 0 unspecified atom stereocenters. The third kappa shape index (κ3) is 3.19. The van der Waals surface area contributed by atoms with Crippen LogP contribution in [0, 0.1) is 17.8 Å². The Kier molecular flexibility index (Phi) is 4.51. The van der Waals surface area contributed by atoms with Gasteiger partial charge in [0, 0.05) is 17.3 Å². The molecule has 1 aliphatic heterocycles. The summed E-state index contributed by atoms with van der Waals surface area (Å²) in [5.74, 6) is 2.52. The molecule has 2 heterocycles. The van der Waals surface area contributed by atoms with Gasteiger partial charge < -0.3 is 5.11 Å². The van der Waals surface area contributed by atoms with Gasteiger partial charge in [-0.15, -0.1) is 0 Å². The van der Waals surface area contributed by atoms with Crippen molar-refractivity contribution < 1.29 is 14.7 Å². The molecule has 2 amide bonds. The Morgan fingerprint density at radius 3 is 2.31 bits per heavy atom. The Morgan fingerprint density at radius 2 is 1.75 bits per heavy atom. The van der Waals surface area contributed by atoms with Crippen molar-refractivity contribution in [2.75, 3.05) is 0 Å². The normalized spacial score (nSPS) is 32.3. The van der Waals surface area contributed by atoms with Crippen LogP contribution in [-0.4, -0.2) is 21.2 Å². The van der Waals surface area contributed by atoms with Crippen LogP contribution >= 0.6 is 11.8 Å². The highest BCUT2D eigenvalue weighted by Crippen LogP contribution is 2.62. The summed E-state index contributed by atoms with van der Waals surface area (Å²) in [6.45, 7) is 1.84. The topological polar surface area (TPSA) is 79.3 Å². The maximum atomic E-state index is 12.0. The molecule has 0 atom stereocenters. The van der Waals surface area contributed by atoms with Crippen LogP contribution in [0.5, 0.6) is 5.75 Å². The molecular formula is C26H26N2O3S. The molecule has 5 fully saturated rings. The summed E-state index contributed by atoms with van der Waals surface area (Å²) in [6.07, 6.45) is 9.48. The van der Waals surface area contributed by atoms with Gasteiger partial charge >= 0.3 is 0 Å². The van der Waals surface area contributed by atoms with Crippen LogP contribution in [0.4, 0.5) is 4.79 Å². The minimum atomic E-state index is -0.347. The van der Waals surface area contributed by atoms with Crippen molar-refractivity contribution >= 4 is 28.5 Å². The fourth-order valence-electron chi connectivity index (χ4n) is 7.04. The van der Waals surface area contributed by atoms with E-state index in [1.54, 1.807) is 6.20 Å². The summed E-state index contributed by atoms with van der Waals surface area (Å²) in [4.78, 5) is 28.5. The number of pyridine rings is 1. The Morgan fingerprint density at radius 1 is 1.06 bits per heavy atom. The molecule has 0 radical (unpaired) electrons. The number of carbonyl (C=O) groups excluding carboxylic acids is 2. The lowest BCUT2D eigenvalue weighted by molar-refractivity contribution is -0.115. The average molecular weight is 447 g/mol. The highest BCUT2D eigenvalue weighted by atomic mass is 32.2. The number of rotatable bonds is 3. The zero-order valence-corrected chi connectivity index (χ0v) is 18.9. The molecule has 1 aromatic carbocycles. The predicted molar refractivity (Wildman–Crippen MR) is 125 cm³/mol. The predicted octanol–water partition coefficient (Wildman–Crippen LogP) is 5.64. The fraction of sp³-hybridized carbons (Fsp3) is 0.423. The molecule has 5 nitrogen and oxygen atoms in total. The van der Waals surface area contributed by atoms with Gasteiger partial charge in [0.15, 0.2) is 0 Å². The van der Waals surface area contributed by atoms with E-state index in [1.807, 2.05) is 31.2 Å². The first-order chi connectivity index (χ1) is 15.4. The Balaban J connectivity index is 1.33. The molecule has 2 N–H and O–H groups in total. The zero-order chi connectivity index (χ0) is 22.0. The number of aromatic hydroxyl groups is 1. The lowest BCUT2D eigenvalue weighted by Gasteiger charge is -2.57. The second kappa shape index (κ2) is 7.20. The number of hydrogen-bond donors (Lipinski definition) is 2. The second-order valence-corrected chi connectivity index (χ2v) is 11.1. The van der Waals surface area contributed by atoms with E-state index in [1.165, 1.54) is 38.5 Å². The lowest BCUT2D eigenvalue weighted by Crippen LogP contribution is -2.48. The van der Waals surface area contributed by atoms with E-state index in [-0.39, 0.29) is 16.6 Å². The molecule has 2 aromatic rings. The molecule has 32 heavy (non-hydrogen) atoms. The smallest absolute Gasteiger partial charge is 0.290 e. The Hall–Kier alpha value is -2.60. The molecule has 164 valence electrons. The number of amides is 2. The highest BCUT2D eigenvalue weighted by Gasteiger charge is 2.52. The van der Waals surface area contributed by atoms with E-state index in [2.05, 4.69) is 16.4 Å². The van der Waals surface area contributed by atoms with Crippen LogP contribution in [0.15, 0.2) is 41.4 Å². The quantitative estimate of drug-likeness (QED) is 0.597. The number of imide groups is 1. The van der Waals surface area contributed by atoms with Crippen molar-refractivity contribution in [2.45, 2.75) is 50.9 Å². The van der Waals surface area contributed by atoms with Crippen LogP contribution in [0.3, 0.4) is 0 Å². The monoisotopic (exact) mass is 446 g/mol. The van der Waals surface area contributed by atoms with Gasteiger partial charge in [0.1, 0.15) is 5.75 Å². The Bertz CT molecular complexity index is 1130. The lowest BCUT2D eigenvalue weighted by atomic mass is 9.48. The molecule has 5 aliphatic rings. The first-order valence-electron chi connectivity index (χ1n) is 11.4. The second-order valence-electron chi connectivity index (χ2n) is 10.2. The van der Waals surface area contributed by atoms with Gasteiger partial charge in [-0.05, 0) is 116 Å². The highest BCUT2D eigenvalue weighted by molar-refractivity contribution is 8.18. The minimum Gasteiger partial charge on any atom is -0.508 e. The summed E-state index contributed by atoms with van der Waals surface area (Å²) >= 11 is 0.932. The van der Waals surface area contributed by atoms with Crippen molar-refractivity contribution in [2.24, 2.45) is 17.8 Å². The van der Waals surface area contributed by atoms with Gasteiger partial charge in [-0.1, -0.05) is 6.07 Å². The largest absolute Gasteiger partial charge is 0.508 e. The SMILES string of the molecule is C/C(=C1/SC(=O)NC1=O)c1ccc(-c2ccc(O)c(C34CC5CC(CC(C5)C3)C4)c2)nc1. The van der Waals surface area contributed by atoms with Gasteiger partial charge in [-0.3, -0.25) is 19.9 Å². The number of benzene rings is 1. The maximum Gasteiger partial charge on any atom is 0.290 e. The van der Waals surface area contributed by atoms with E-state index < -0.39 is 0 Å². The van der Waals surface area contributed by atoms with Gasteiger partial charge in [0.05, 0.1) is 10.6 Å². The van der Waals surface area contributed by atoms with Crippen LogP contribution < -0.4 is 5.32 Å². The molecule has 6 heteroatoms. The maximum absolute atomic E-state index is 12.0. The number of thioether (sulfide) groups is 1. The third-order valence-electron chi connectivity index (χ3n) is 8.06. The van der Waals surface area contributed by atoms with Gasteiger partial charge in [-0.25, -0.2) is 0 Å². The fourth-order valence-corrected chi connectivity index (χ4v) is 7.78. The van der Waals surface area contributed by atoms with Crippen LogP contribution in [0.1, 0.15) is 56.6 Å². The minimum absolute atomic E-state index is 0.120. The van der Waals surface area contributed by atoms with E-state index in [4.69, 9.17) is 0 Å². The van der Waals surface area contributed by atoms with Crippen molar-refractivity contribution in [1.29, 1.82) is 0 Å². The molecule has 1 aromatic heterocycles. The number of allylic oxidation sites excluding steroid dienone is 1. The van der Waals surface area contributed by atoms with E-state index in [9.17, 15) is 14.7 Å². The van der Waals surface area contributed by atoms with Gasteiger partial charge in [0.25, 0.3) is 11.1 Å². The molecule has 7 rings (SSSR count). The Labute approximate surface area is 191 Å². The van der Waals surface area contributed by atoms with E-state index >= 15 is 0 Å². The van der Waals surface area contributed by atoms with Crippen molar-refractivity contribution in [1.82, 2.24) is 10.3 Å². The molecule has 4 bridgehead atoms. The first kappa shape index (κ1) is 20.0. The van der Waals surface area contributed by atoms with E-state index in [0.717, 1.165) is 57.5 Å². The number of aromatic nitrogens is 1. The summed E-state index contributed by atoms with van der Waals surface area (Å²) in [5.41, 5.74) is 4.65. The van der Waals surface area contributed by atoms with Crippen molar-refractivity contribution in [3.8, 4) is 17.0 Å². The number of nitrogens with one attached hydrogen (secondary N) is 1. The molecule has 4 aliphatic carbocycles. The van der Waals surface area contributed by atoms with Gasteiger partial charge in [0.2, 0.25) is 0 Å². The molecule has 1 saturated heterocycles. The van der Waals surface area contributed by atoms with Crippen LogP contribution in [0.2, 0.25) is 0 Å².